The van der Waals surface area contributed by atoms with Crippen molar-refractivity contribution >= 4 is 33.1 Å². The van der Waals surface area contributed by atoms with E-state index in [1.54, 1.807) is 18.2 Å². The van der Waals surface area contributed by atoms with Crippen molar-refractivity contribution in [2.75, 3.05) is 14.2 Å². The second-order valence-corrected chi connectivity index (χ2v) is 9.37. The molecule has 0 spiro atoms. The fourth-order valence-corrected chi connectivity index (χ4v) is 5.52. The van der Waals surface area contributed by atoms with Gasteiger partial charge < -0.3 is 24.0 Å². The number of pyridine rings is 1. The largest absolute Gasteiger partial charge is 0.502 e. The smallest absolute Gasteiger partial charge is 0.274 e. The Balaban J connectivity index is 1.76. The molecule has 9 heteroatoms. The maximum absolute atomic E-state index is 13.5. The average Bonchev–Trinajstić information content (AvgIpc) is 3.25. The van der Waals surface area contributed by atoms with Crippen LogP contribution in [0.25, 0.3) is 44.2 Å². The van der Waals surface area contributed by atoms with Crippen LogP contribution in [-0.2, 0) is 0 Å². The van der Waals surface area contributed by atoms with E-state index in [1.165, 1.54) is 39.2 Å². The molecule has 3 aromatic heterocycles. The Kier molecular flexibility index (Phi) is 5.28. The molecule has 0 amide bonds. The number of hydrogen-bond acceptors (Lipinski definition) is 6. The Morgan fingerprint density at radius 3 is 2.36 bits per heavy atom. The number of furan rings is 1. The van der Waals surface area contributed by atoms with Crippen LogP contribution in [0.2, 0.25) is 0 Å². The molecule has 0 radical (unpaired) electrons. The summed E-state index contributed by atoms with van der Waals surface area (Å²) < 4.78 is 18.9. The summed E-state index contributed by atoms with van der Waals surface area (Å²) >= 11 is 0. The van der Waals surface area contributed by atoms with Crippen LogP contribution in [0, 0.1) is 0 Å². The molecule has 1 fully saturated rings. The molecular formula is C27H27N3O6. The van der Waals surface area contributed by atoms with E-state index >= 15 is 0 Å². The van der Waals surface area contributed by atoms with Gasteiger partial charge in [-0.3, -0.25) is 19.4 Å². The SMILES string of the molecule is COc1cc(-c2c3oc4cc(=O)ccc4c3[nH]c3c2c(=O)[nH]n3C2CCCCCC2)cc(OC)c1O. The van der Waals surface area contributed by atoms with Crippen molar-refractivity contribution in [3.05, 3.63) is 50.9 Å². The van der Waals surface area contributed by atoms with E-state index in [4.69, 9.17) is 13.9 Å². The minimum absolute atomic E-state index is 0.135. The lowest BCUT2D eigenvalue weighted by molar-refractivity contribution is 0.340. The highest BCUT2D eigenvalue weighted by Crippen LogP contribution is 2.45. The zero-order chi connectivity index (χ0) is 25.0. The summed E-state index contributed by atoms with van der Waals surface area (Å²) in [7, 11) is 2.91. The molecule has 5 aromatic rings. The number of methoxy groups -OCH3 is 2. The monoisotopic (exact) mass is 489 g/mol. The second-order valence-electron chi connectivity index (χ2n) is 9.37. The van der Waals surface area contributed by atoms with Crippen LogP contribution >= 0.6 is 0 Å². The van der Waals surface area contributed by atoms with Crippen molar-refractivity contribution in [1.29, 1.82) is 0 Å². The number of aromatic nitrogens is 3. The van der Waals surface area contributed by atoms with Gasteiger partial charge in [0.1, 0.15) is 11.2 Å². The van der Waals surface area contributed by atoms with Crippen molar-refractivity contribution < 1.29 is 19.0 Å². The Labute approximate surface area is 205 Å². The van der Waals surface area contributed by atoms with Crippen molar-refractivity contribution in [2.24, 2.45) is 0 Å². The lowest BCUT2D eigenvalue weighted by atomic mass is 10.0. The van der Waals surface area contributed by atoms with Gasteiger partial charge in [-0.15, -0.1) is 0 Å². The van der Waals surface area contributed by atoms with Gasteiger partial charge in [-0.05, 0) is 42.7 Å². The zero-order valence-electron chi connectivity index (χ0n) is 20.1. The Hall–Kier alpha value is -4.14. The molecule has 0 aliphatic heterocycles. The minimum atomic E-state index is -0.252. The van der Waals surface area contributed by atoms with Gasteiger partial charge in [0.15, 0.2) is 22.5 Å². The maximum Gasteiger partial charge on any atom is 0.274 e. The van der Waals surface area contributed by atoms with E-state index in [1.807, 2.05) is 4.68 Å². The van der Waals surface area contributed by atoms with Crippen molar-refractivity contribution in [3.8, 4) is 28.4 Å². The van der Waals surface area contributed by atoms with Crippen LogP contribution in [0.15, 0.2) is 44.3 Å². The van der Waals surface area contributed by atoms with Crippen molar-refractivity contribution in [3.63, 3.8) is 0 Å². The summed E-state index contributed by atoms with van der Waals surface area (Å²) in [5.41, 5.74) is 2.90. The third-order valence-corrected chi connectivity index (χ3v) is 7.27. The number of nitrogens with zero attached hydrogens (tertiary/aromatic N) is 1. The molecule has 0 unspecified atom stereocenters. The summed E-state index contributed by atoms with van der Waals surface area (Å²) in [6.07, 6.45) is 6.55. The van der Waals surface area contributed by atoms with E-state index in [-0.39, 0.29) is 34.3 Å². The van der Waals surface area contributed by atoms with Crippen LogP contribution in [-0.4, -0.2) is 34.1 Å². The van der Waals surface area contributed by atoms with Crippen molar-refractivity contribution in [1.82, 2.24) is 14.8 Å². The summed E-state index contributed by atoms with van der Waals surface area (Å²) in [6.45, 7) is 0. The molecule has 6 rings (SSSR count). The molecule has 1 aliphatic rings. The van der Waals surface area contributed by atoms with Gasteiger partial charge >= 0.3 is 0 Å². The number of ether oxygens (including phenoxy) is 2. The summed E-state index contributed by atoms with van der Waals surface area (Å²) in [4.78, 5) is 29.0. The molecule has 3 N–H and O–H groups in total. The molecule has 9 nitrogen and oxygen atoms in total. The summed E-state index contributed by atoms with van der Waals surface area (Å²) in [6, 6.07) is 8.14. The minimum Gasteiger partial charge on any atom is -0.502 e. The molecule has 1 aliphatic carbocycles. The van der Waals surface area contributed by atoms with Crippen molar-refractivity contribution in [2.45, 2.75) is 44.6 Å². The number of aromatic amines is 2. The van der Waals surface area contributed by atoms with E-state index in [2.05, 4.69) is 10.1 Å². The van der Waals surface area contributed by atoms with E-state index in [0.29, 0.717) is 38.8 Å². The predicted molar refractivity (Wildman–Crippen MR) is 137 cm³/mol. The summed E-state index contributed by atoms with van der Waals surface area (Å²) in [5.74, 6) is 0.274. The van der Waals surface area contributed by atoms with Gasteiger partial charge in [-0.25, -0.2) is 0 Å². The standard InChI is InChI=1S/C27H27N3O6/c1-34-19-11-14(12-20(35-2)24(19)32)21-22-26(30(29-27(22)33)15-7-5-3-4-6-8-15)28-23-17-10-9-16(31)13-18(17)36-25(21)23/h9-13,15,28,32H,3-8H2,1-2H3,(H,29,33). The highest BCUT2D eigenvalue weighted by atomic mass is 16.5. The zero-order valence-corrected chi connectivity index (χ0v) is 20.1. The number of aromatic hydroxyl groups is 1. The number of fused-ring (bicyclic) bond motifs is 4. The lowest BCUT2D eigenvalue weighted by Gasteiger charge is -2.17. The molecule has 186 valence electrons. The number of nitrogens with one attached hydrogen (secondary N) is 2. The molecule has 0 atom stereocenters. The number of hydrogen-bond donors (Lipinski definition) is 3. The van der Waals surface area contributed by atoms with Crippen LogP contribution < -0.4 is 20.5 Å². The number of H-pyrrole nitrogens is 2. The molecule has 0 saturated heterocycles. The second kappa shape index (κ2) is 8.51. The van der Waals surface area contributed by atoms with E-state index < -0.39 is 0 Å². The normalized spacial score (nSPS) is 15.1. The molecular weight excluding hydrogens is 462 g/mol. The van der Waals surface area contributed by atoms with Gasteiger partial charge in [0.25, 0.3) is 5.56 Å². The first-order valence-electron chi connectivity index (χ1n) is 12.2. The lowest BCUT2D eigenvalue weighted by Crippen LogP contribution is -2.13. The van der Waals surface area contributed by atoms with Gasteiger partial charge in [0.05, 0.1) is 31.2 Å². The molecule has 0 bridgehead atoms. The van der Waals surface area contributed by atoms with Crippen LogP contribution in [0.4, 0.5) is 0 Å². The van der Waals surface area contributed by atoms with Gasteiger partial charge in [0.2, 0.25) is 5.75 Å². The van der Waals surface area contributed by atoms with Crippen LogP contribution in [0.5, 0.6) is 17.2 Å². The molecule has 3 heterocycles. The highest BCUT2D eigenvalue weighted by molar-refractivity contribution is 6.14. The third-order valence-electron chi connectivity index (χ3n) is 7.27. The molecule has 2 aromatic carbocycles. The number of rotatable bonds is 4. The number of benzene rings is 2. The molecule has 1 saturated carbocycles. The number of phenols is 1. The quantitative estimate of drug-likeness (QED) is 0.298. The Morgan fingerprint density at radius 2 is 1.69 bits per heavy atom. The first-order valence-corrected chi connectivity index (χ1v) is 12.2. The predicted octanol–water partition coefficient (Wildman–Crippen LogP) is 5.20. The van der Waals surface area contributed by atoms with Crippen LogP contribution in [0.3, 0.4) is 0 Å². The highest BCUT2D eigenvalue weighted by Gasteiger charge is 2.26. The first kappa shape index (κ1) is 22.3. The maximum atomic E-state index is 13.5. The topological polar surface area (TPSA) is 122 Å². The fourth-order valence-electron chi connectivity index (χ4n) is 5.52. The Bertz CT molecular complexity index is 1710. The first-order chi connectivity index (χ1) is 17.5. The van der Waals surface area contributed by atoms with E-state index in [0.717, 1.165) is 31.1 Å². The third kappa shape index (κ3) is 3.37. The van der Waals surface area contributed by atoms with Gasteiger partial charge in [-0.1, -0.05) is 25.7 Å². The Morgan fingerprint density at radius 1 is 1.00 bits per heavy atom. The number of phenolic OH excluding ortho intramolecular Hbond substituents is 1. The van der Waals surface area contributed by atoms with Gasteiger partial charge in [-0.2, -0.15) is 0 Å². The van der Waals surface area contributed by atoms with E-state index in [9.17, 15) is 14.7 Å². The average molecular weight is 490 g/mol. The van der Waals surface area contributed by atoms with Gasteiger partial charge in [0, 0.05) is 17.0 Å². The summed E-state index contributed by atoms with van der Waals surface area (Å²) in [5, 5.41) is 14.8. The molecule has 36 heavy (non-hydrogen) atoms. The van der Waals surface area contributed by atoms with Crippen LogP contribution in [0.1, 0.15) is 44.6 Å². The fraction of sp³-hybridized carbons (Fsp3) is 0.333.